The summed E-state index contributed by atoms with van der Waals surface area (Å²) in [5.41, 5.74) is 1.64. The van der Waals surface area contributed by atoms with Gasteiger partial charge in [0.15, 0.2) is 0 Å². The third-order valence-electron chi connectivity index (χ3n) is 2.93. The van der Waals surface area contributed by atoms with Crippen molar-refractivity contribution in [2.24, 2.45) is 0 Å². The van der Waals surface area contributed by atoms with Gasteiger partial charge in [-0.2, -0.15) is 0 Å². The van der Waals surface area contributed by atoms with Gasteiger partial charge in [-0.15, -0.1) is 0 Å². The third-order valence-corrected chi connectivity index (χ3v) is 2.93. The minimum atomic E-state index is -0.260. The fourth-order valence-corrected chi connectivity index (χ4v) is 1.91. The molecule has 0 aliphatic carbocycles. The Bertz CT molecular complexity index is 457. The Labute approximate surface area is 106 Å². The third kappa shape index (κ3) is 3.30. The topological polar surface area (TPSA) is 74.2 Å². The molecule has 0 bridgehead atoms. The lowest BCUT2D eigenvalue weighted by Gasteiger charge is -2.14. The highest BCUT2D eigenvalue weighted by Crippen LogP contribution is 2.13. The molecule has 1 aromatic rings. The zero-order chi connectivity index (χ0) is 12.8. The number of rotatable bonds is 4. The number of nitrogens with one attached hydrogen (secondary N) is 2. The lowest BCUT2D eigenvalue weighted by Crippen LogP contribution is -2.26. The van der Waals surface area contributed by atoms with Crippen molar-refractivity contribution in [3.05, 3.63) is 35.7 Å². The molecule has 0 radical (unpaired) electrons. The first-order valence-corrected chi connectivity index (χ1v) is 6.07. The van der Waals surface area contributed by atoms with Gasteiger partial charge in [-0.3, -0.25) is 9.78 Å². The van der Waals surface area contributed by atoms with E-state index >= 15 is 0 Å². The van der Waals surface area contributed by atoms with E-state index in [1.54, 1.807) is 0 Å². The molecular weight excluding hydrogens is 230 g/mol. The number of carbonyl (C=O) groups is 1. The zero-order valence-corrected chi connectivity index (χ0v) is 10.1. The molecule has 0 saturated heterocycles. The van der Waals surface area contributed by atoms with Gasteiger partial charge in [0.2, 0.25) is 0 Å². The lowest BCUT2D eigenvalue weighted by atomic mass is 10.1. The van der Waals surface area contributed by atoms with Crippen molar-refractivity contribution in [1.29, 1.82) is 0 Å². The Morgan fingerprint density at radius 3 is 3.17 bits per heavy atom. The summed E-state index contributed by atoms with van der Waals surface area (Å²) in [5, 5.41) is 15.5. The summed E-state index contributed by atoms with van der Waals surface area (Å²) in [5.74, 6) is -0.347. The van der Waals surface area contributed by atoms with Crippen LogP contribution in [0.5, 0.6) is 5.75 Å². The van der Waals surface area contributed by atoms with Gasteiger partial charge in [0.05, 0.1) is 11.8 Å². The van der Waals surface area contributed by atoms with Crippen LogP contribution in [0.3, 0.4) is 0 Å². The molecule has 5 nitrogen and oxygen atoms in total. The van der Waals surface area contributed by atoms with Gasteiger partial charge >= 0.3 is 0 Å². The molecule has 96 valence electrons. The highest BCUT2D eigenvalue weighted by atomic mass is 16.3. The molecule has 1 aliphatic heterocycles. The summed E-state index contributed by atoms with van der Waals surface area (Å²) in [6, 6.07) is 1.51. The Morgan fingerprint density at radius 1 is 1.56 bits per heavy atom. The molecule has 0 fully saturated rings. The smallest absolute Gasteiger partial charge is 0.255 e. The molecule has 0 spiro atoms. The maximum Gasteiger partial charge on any atom is 0.255 e. The van der Waals surface area contributed by atoms with E-state index in [1.807, 2.05) is 0 Å². The molecule has 0 saturated carbocycles. The number of pyridine rings is 1. The van der Waals surface area contributed by atoms with Crippen molar-refractivity contribution in [2.75, 3.05) is 19.6 Å². The van der Waals surface area contributed by atoms with Gasteiger partial charge in [0.25, 0.3) is 5.91 Å². The highest BCUT2D eigenvalue weighted by Gasteiger charge is 2.10. The molecule has 2 rings (SSSR count). The summed E-state index contributed by atoms with van der Waals surface area (Å²) >= 11 is 0. The Balaban J connectivity index is 1.82. The van der Waals surface area contributed by atoms with Crippen molar-refractivity contribution >= 4 is 5.91 Å². The van der Waals surface area contributed by atoms with Crippen molar-refractivity contribution in [3.8, 4) is 5.75 Å². The number of hydrogen-bond donors (Lipinski definition) is 3. The summed E-state index contributed by atoms with van der Waals surface area (Å²) in [6.45, 7) is 2.51. The van der Waals surface area contributed by atoms with E-state index in [0.717, 1.165) is 25.9 Å². The number of nitrogens with zero attached hydrogens (tertiary/aromatic N) is 1. The molecule has 1 aliphatic rings. The van der Waals surface area contributed by atoms with Crippen molar-refractivity contribution in [3.63, 3.8) is 0 Å². The van der Waals surface area contributed by atoms with E-state index in [2.05, 4.69) is 21.7 Å². The lowest BCUT2D eigenvalue weighted by molar-refractivity contribution is 0.0951. The van der Waals surface area contributed by atoms with E-state index in [0.29, 0.717) is 6.54 Å². The van der Waals surface area contributed by atoms with E-state index in [1.165, 1.54) is 24.0 Å². The summed E-state index contributed by atoms with van der Waals surface area (Å²) in [7, 11) is 0. The molecule has 0 unspecified atom stereocenters. The van der Waals surface area contributed by atoms with Gasteiger partial charge in [0, 0.05) is 19.3 Å². The number of hydrogen-bond acceptors (Lipinski definition) is 4. The normalized spacial score (nSPS) is 15.0. The maximum absolute atomic E-state index is 11.8. The van der Waals surface area contributed by atoms with Gasteiger partial charge in [-0.05, 0) is 25.5 Å². The minimum Gasteiger partial charge on any atom is -0.505 e. The van der Waals surface area contributed by atoms with Crippen LogP contribution in [0, 0.1) is 0 Å². The van der Waals surface area contributed by atoms with Gasteiger partial charge in [0.1, 0.15) is 5.75 Å². The Kier molecular flexibility index (Phi) is 4.30. The van der Waals surface area contributed by atoms with Gasteiger partial charge in [-0.25, -0.2) is 0 Å². The first kappa shape index (κ1) is 12.6. The van der Waals surface area contributed by atoms with Crippen LogP contribution in [0.2, 0.25) is 0 Å². The second-order valence-electron chi connectivity index (χ2n) is 4.22. The van der Waals surface area contributed by atoms with Gasteiger partial charge < -0.3 is 15.7 Å². The average molecular weight is 247 g/mol. The summed E-state index contributed by atoms with van der Waals surface area (Å²) in [4.78, 5) is 15.5. The molecule has 1 aromatic heterocycles. The van der Waals surface area contributed by atoms with Crippen LogP contribution in [-0.4, -0.2) is 35.6 Å². The first-order chi connectivity index (χ1) is 8.77. The van der Waals surface area contributed by atoms with E-state index in [-0.39, 0.29) is 17.2 Å². The fourth-order valence-electron chi connectivity index (χ4n) is 1.91. The van der Waals surface area contributed by atoms with E-state index < -0.39 is 0 Å². The highest BCUT2D eigenvalue weighted by molar-refractivity contribution is 5.96. The molecule has 0 atom stereocenters. The minimum absolute atomic E-state index is 0.0870. The standard InChI is InChI=1S/C13H17N3O2/c17-12-9-15-7-4-11(12)13(18)16-8-3-10-1-5-14-6-2-10/h1,4,7,9,14,17H,2-3,5-6,8H2,(H,16,18). The van der Waals surface area contributed by atoms with Gasteiger partial charge in [-0.1, -0.05) is 11.6 Å². The van der Waals surface area contributed by atoms with Crippen molar-refractivity contribution in [1.82, 2.24) is 15.6 Å². The number of amides is 1. The Morgan fingerprint density at radius 2 is 2.44 bits per heavy atom. The van der Waals surface area contributed by atoms with Crippen LogP contribution in [0.15, 0.2) is 30.1 Å². The Hall–Kier alpha value is -1.88. The predicted molar refractivity (Wildman–Crippen MR) is 68.4 cm³/mol. The quantitative estimate of drug-likeness (QED) is 0.689. The van der Waals surface area contributed by atoms with Crippen molar-refractivity contribution < 1.29 is 9.90 Å². The molecule has 0 aromatic carbocycles. The first-order valence-electron chi connectivity index (χ1n) is 6.07. The van der Waals surface area contributed by atoms with Crippen LogP contribution in [0.25, 0.3) is 0 Å². The monoisotopic (exact) mass is 247 g/mol. The second kappa shape index (κ2) is 6.16. The van der Waals surface area contributed by atoms with E-state index in [9.17, 15) is 9.90 Å². The SMILES string of the molecule is O=C(NCCC1=CCNCC1)c1ccncc1O. The molecule has 18 heavy (non-hydrogen) atoms. The maximum atomic E-state index is 11.8. The van der Waals surface area contributed by atoms with Crippen LogP contribution in [-0.2, 0) is 0 Å². The zero-order valence-electron chi connectivity index (χ0n) is 10.1. The second-order valence-corrected chi connectivity index (χ2v) is 4.22. The molecule has 2 heterocycles. The number of carbonyl (C=O) groups excluding carboxylic acids is 1. The predicted octanol–water partition coefficient (Wildman–Crippen LogP) is 0.827. The van der Waals surface area contributed by atoms with Crippen molar-refractivity contribution in [2.45, 2.75) is 12.8 Å². The van der Waals surface area contributed by atoms with Crippen LogP contribution in [0.1, 0.15) is 23.2 Å². The number of aromatic nitrogens is 1. The number of aromatic hydroxyl groups is 1. The average Bonchev–Trinajstić information content (AvgIpc) is 2.40. The van der Waals surface area contributed by atoms with Crippen LogP contribution >= 0.6 is 0 Å². The molecular formula is C13H17N3O2. The van der Waals surface area contributed by atoms with Crippen LogP contribution in [0.4, 0.5) is 0 Å². The molecule has 1 amide bonds. The largest absolute Gasteiger partial charge is 0.505 e. The summed E-state index contributed by atoms with van der Waals surface area (Å²) < 4.78 is 0. The summed E-state index contributed by atoms with van der Waals surface area (Å²) in [6.07, 6.45) is 6.82. The molecule has 3 N–H and O–H groups in total. The molecule has 5 heteroatoms. The van der Waals surface area contributed by atoms with Crippen LogP contribution < -0.4 is 10.6 Å². The fraction of sp³-hybridized carbons (Fsp3) is 0.385. The van der Waals surface area contributed by atoms with E-state index in [4.69, 9.17) is 0 Å².